The van der Waals surface area contributed by atoms with Crippen molar-refractivity contribution in [3.8, 4) is 17.1 Å². The fourth-order valence-corrected chi connectivity index (χ4v) is 4.13. The van der Waals surface area contributed by atoms with Crippen molar-refractivity contribution < 1.29 is 23.4 Å². The number of ether oxygens (including phenoxy) is 3. The van der Waals surface area contributed by atoms with Crippen LogP contribution in [0.5, 0.6) is 5.88 Å². The lowest BCUT2D eigenvalue weighted by Gasteiger charge is -2.22. The molecule has 1 aromatic heterocycles. The molecule has 1 unspecified atom stereocenters. The number of pyridine rings is 1. The van der Waals surface area contributed by atoms with Crippen LogP contribution >= 0.6 is 0 Å². The third-order valence-corrected chi connectivity index (χ3v) is 6.09. The quantitative estimate of drug-likeness (QED) is 0.321. The van der Waals surface area contributed by atoms with E-state index in [0.717, 1.165) is 17.5 Å². The number of rotatable bonds is 14. The molecule has 0 aliphatic carbocycles. The van der Waals surface area contributed by atoms with E-state index in [-0.39, 0.29) is 17.6 Å². The molecule has 0 aliphatic heterocycles. The number of nitrogens with zero attached hydrogens (tertiary/aromatic N) is 2. The zero-order valence-corrected chi connectivity index (χ0v) is 22.4. The molecule has 1 atom stereocenters. The molecule has 1 heterocycles. The first-order valence-electron chi connectivity index (χ1n) is 12.6. The van der Waals surface area contributed by atoms with E-state index in [0.29, 0.717) is 55.5 Å². The van der Waals surface area contributed by atoms with Gasteiger partial charge in [0, 0.05) is 29.6 Å². The van der Waals surface area contributed by atoms with Gasteiger partial charge >= 0.3 is 0 Å². The molecule has 0 radical (unpaired) electrons. The van der Waals surface area contributed by atoms with Gasteiger partial charge in [-0.2, -0.15) is 0 Å². The molecule has 3 rings (SSSR count). The van der Waals surface area contributed by atoms with Crippen LogP contribution in [0.25, 0.3) is 22.0 Å². The van der Waals surface area contributed by atoms with Crippen molar-refractivity contribution in [2.24, 2.45) is 5.92 Å². The normalized spacial score (nSPS) is 12.3. The maximum atomic E-state index is 14.3. The first-order chi connectivity index (χ1) is 17.8. The summed E-state index contributed by atoms with van der Waals surface area (Å²) in [6, 6.07) is 14.3. The molecule has 200 valence electrons. The highest BCUT2D eigenvalue weighted by molar-refractivity contribution is 5.88. The van der Waals surface area contributed by atoms with Gasteiger partial charge < -0.3 is 24.4 Å². The lowest BCUT2D eigenvalue weighted by atomic mass is 9.87. The Balaban J connectivity index is 1.63. The summed E-state index contributed by atoms with van der Waals surface area (Å²) >= 11 is 0. The highest BCUT2D eigenvalue weighted by atomic mass is 19.1. The van der Waals surface area contributed by atoms with Crippen LogP contribution in [0.1, 0.15) is 25.3 Å². The third kappa shape index (κ3) is 7.95. The van der Waals surface area contributed by atoms with Crippen molar-refractivity contribution >= 4 is 16.7 Å². The number of hydrogen-bond donors (Lipinski definition) is 1. The lowest BCUT2D eigenvalue weighted by Crippen LogP contribution is -2.34. The second kappa shape index (κ2) is 14.0. The number of benzene rings is 2. The van der Waals surface area contributed by atoms with Crippen molar-refractivity contribution in [1.82, 2.24) is 15.2 Å². The van der Waals surface area contributed by atoms with Gasteiger partial charge in [-0.1, -0.05) is 44.2 Å². The fraction of sp³-hybridized carbons (Fsp3) is 0.448. The van der Waals surface area contributed by atoms with Crippen molar-refractivity contribution in [2.45, 2.75) is 19.8 Å². The number of methoxy groups -OCH3 is 1. The molecule has 37 heavy (non-hydrogen) atoms. The van der Waals surface area contributed by atoms with Crippen LogP contribution in [0.3, 0.4) is 0 Å². The second-order valence-corrected chi connectivity index (χ2v) is 9.51. The number of carbonyl (C=O) groups is 1. The highest BCUT2D eigenvalue weighted by Gasteiger charge is 2.28. The minimum Gasteiger partial charge on any atom is -0.481 e. The van der Waals surface area contributed by atoms with Gasteiger partial charge in [0.1, 0.15) is 5.82 Å². The Morgan fingerprint density at radius 2 is 1.78 bits per heavy atom. The van der Waals surface area contributed by atoms with Gasteiger partial charge in [-0.3, -0.25) is 4.79 Å². The predicted molar refractivity (Wildman–Crippen MR) is 144 cm³/mol. The van der Waals surface area contributed by atoms with Crippen molar-refractivity contribution in [3.63, 3.8) is 0 Å². The van der Waals surface area contributed by atoms with Crippen LogP contribution in [0.15, 0.2) is 48.5 Å². The fourth-order valence-electron chi connectivity index (χ4n) is 4.13. The SMILES string of the molecule is COc1nc(-c2ccc3cccc(F)c3c2)ccc1C(C(=O)NCCOCCOCCN(C)C)C(C)C. The molecular weight excluding hydrogens is 473 g/mol. The Morgan fingerprint density at radius 3 is 2.49 bits per heavy atom. The molecule has 0 bridgehead atoms. The average molecular weight is 512 g/mol. The molecule has 1 amide bonds. The molecule has 8 heteroatoms. The Morgan fingerprint density at radius 1 is 1.03 bits per heavy atom. The van der Waals surface area contributed by atoms with E-state index < -0.39 is 5.92 Å². The summed E-state index contributed by atoms with van der Waals surface area (Å²) in [5.41, 5.74) is 2.13. The smallest absolute Gasteiger partial charge is 0.228 e. The number of aromatic nitrogens is 1. The van der Waals surface area contributed by atoms with E-state index in [2.05, 4.69) is 15.2 Å². The Labute approximate surface area is 218 Å². The average Bonchev–Trinajstić information content (AvgIpc) is 2.87. The van der Waals surface area contributed by atoms with Crippen molar-refractivity contribution in [2.75, 3.05) is 60.7 Å². The van der Waals surface area contributed by atoms with Gasteiger partial charge in [-0.05, 0) is 43.6 Å². The first kappa shape index (κ1) is 28.5. The highest BCUT2D eigenvalue weighted by Crippen LogP contribution is 2.34. The first-order valence-corrected chi connectivity index (χ1v) is 12.6. The summed E-state index contributed by atoms with van der Waals surface area (Å²) in [5.74, 6) is -0.435. The van der Waals surface area contributed by atoms with Crippen LogP contribution in [0.4, 0.5) is 4.39 Å². The van der Waals surface area contributed by atoms with Gasteiger partial charge in [0.25, 0.3) is 0 Å². The number of hydrogen-bond acceptors (Lipinski definition) is 6. The van der Waals surface area contributed by atoms with E-state index >= 15 is 0 Å². The summed E-state index contributed by atoms with van der Waals surface area (Å²) in [6.45, 7) is 7.32. The summed E-state index contributed by atoms with van der Waals surface area (Å²) in [6.07, 6.45) is 0. The van der Waals surface area contributed by atoms with E-state index in [9.17, 15) is 9.18 Å². The van der Waals surface area contributed by atoms with E-state index in [1.807, 2.05) is 58.3 Å². The molecule has 7 nitrogen and oxygen atoms in total. The molecule has 0 aliphatic rings. The molecular formula is C29H38FN3O4. The Bertz CT molecular complexity index is 1170. The zero-order chi connectivity index (χ0) is 26.8. The van der Waals surface area contributed by atoms with Gasteiger partial charge in [0.2, 0.25) is 11.8 Å². The molecule has 3 aromatic rings. The maximum Gasteiger partial charge on any atom is 0.228 e. The van der Waals surface area contributed by atoms with E-state index in [1.165, 1.54) is 6.07 Å². The van der Waals surface area contributed by atoms with Crippen LogP contribution < -0.4 is 10.1 Å². The van der Waals surface area contributed by atoms with Crippen LogP contribution in [-0.2, 0) is 14.3 Å². The number of halogens is 1. The summed E-state index contributed by atoms with van der Waals surface area (Å²) in [4.78, 5) is 19.8. The molecule has 1 N–H and O–H groups in total. The molecule has 0 spiro atoms. The van der Waals surface area contributed by atoms with Gasteiger partial charge in [0.05, 0.1) is 45.1 Å². The molecule has 0 saturated heterocycles. The number of nitrogens with one attached hydrogen (secondary N) is 1. The largest absolute Gasteiger partial charge is 0.481 e. The van der Waals surface area contributed by atoms with Gasteiger partial charge in [0.15, 0.2) is 0 Å². The lowest BCUT2D eigenvalue weighted by molar-refractivity contribution is -0.123. The Hall–Kier alpha value is -3.07. The zero-order valence-electron chi connectivity index (χ0n) is 22.4. The summed E-state index contributed by atoms with van der Waals surface area (Å²) in [7, 11) is 5.54. The molecule has 0 fully saturated rings. The second-order valence-electron chi connectivity index (χ2n) is 9.51. The Kier molecular flexibility index (Phi) is 10.8. The van der Waals surface area contributed by atoms with E-state index in [1.54, 1.807) is 19.2 Å². The monoisotopic (exact) mass is 511 g/mol. The number of carbonyl (C=O) groups excluding carboxylic acids is 1. The van der Waals surface area contributed by atoms with Crippen molar-refractivity contribution in [3.05, 3.63) is 59.9 Å². The van der Waals surface area contributed by atoms with E-state index in [4.69, 9.17) is 14.2 Å². The van der Waals surface area contributed by atoms with Crippen LogP contribution in [-0.4, -0.2) is 76.5 Å². The van der Waals surface area contributed by atoms with Gasteiger partial charge in [-0.15, -0.1) is 0 Å². The molecule has 2 aromatic carbocycles. The van der Waals surface area contributed by atoms with Crippen LogP contribution in [0.2, 0.25) is 0 Å². The van der Waals surface area contributed by atoms with Gasteiger partial charge in [-0.25, -0.2) is 9.37 Å². The number of fused-ring (bicyclic) bond motifs is 1. The molecule has 0 saturated carbocycles. The van der Waals surface area contributed by atoms with Crippen molar-refractivity contribution in [1.29, 1.82) is 0 Å². The summed E-state index contributed by atoms with van der Waals surface area (Å²) in [5, 5.41) is 4.32. The predicted octanol–water partition coefficient (Wildman–Crippen LogP) is 4.50. The minimum absolute atomic E-state index is 0.0160. The number of amides is 1. The minimum atomic E-state index is -0.445. The maximum absolute atomic E-state index is 14.3. The topological polar surface area (TPSA) is 72.9 Å². The standard InChI is InChI=1S/C29H38FN3O4/c1-20(2)27(28(34)31-13-15-36-17-18-37-16-14-33(3)4)23-11-12-26(32-29(23)35-5)22-10-9-21-7-6-8-25(30)24(21)19-22/h6-12,19-20,27H,13-18H2,1-5H3,(H,31,34). The third-order valence-electron chi connectivity index (χ3n) is 6.09. The number of likely N-dealkylation sites (N-methyl/N-ethyl adjacent to an activating group) is 1. The van der Waals surface area contributed by atoms with Crippen LogP contribution in [0, 0.1) is 11.7 Å². The summed E-state index contributed by atoms with van der Waals surface area (Å²) < 4.78 is 31.0.